The van der Waals surface area contributed by atoms with Crippen LogP contribution in [-0.2, 0) is 14.3 Å². The maximum Gasteiger partial charge on any atom is 0.337 e. The summed E-state index contributed by atoms with van der Waals surface area (Å²) in [5.41, 5.74) is 0.657. The van der Waals surface area contributed by atoms with E-state index in [4.69, 9.17) is 0 Å². The number of rotatable bonds is 5. The van der Waals surface area contributed by atoms with Gasteiger partial charge in [-0.05, 0) is 13.3 Å². The zero-order chi connectivity index (χ0) is 10.3. The molecule has 0 aliphatic heterocycles. The van der Waals surface area contributed by atoms with Gasteiger partial charge in [-0.1, -0.05) is 12.7 Å². The normalized spacial score (nSPS) is 10.4. The molecule has 0 heterocycles. The second-order valence-electron chi connectivity index (χ2n) is 2.49. The predicted octanol–water partition coefficient (Wildman–Crippen LogP) is 1.76. The van der Waals surface area contributed by atoms with Crippen molar-refractivity contribution in [3.05, 3.63) is 36.6 Å². The molecule has 0 aromatic heterocycles. The van der Waals surface area contributed by atoms with Crippen LogP contribution in [0.25, 0.3) is 0 Å². The first kappa shape index (κ1) is 11.4. The van der Waals surface area contributed by atoms with E-state index in [9.17, 15) is 9.59 Å². The molecule has 0 N–H and O–H groups in total. The predicted molar refractivity (Wildman–Crippen MR) is 49.9 cm³/mol. The molecular formula is C10H12O3. The Hall–Kier alpha value is -1.64. The van der Waals surface area contributed by atoms with Crippen molar-refractivity contribution in [1.82, 2.24) is 0 Å². The van der Waals surface area contributed by atoms with Crippen LogP contribution in [0.4, 0.5) is 0 Å². The van der Waals surface area contributed by atoms with Crippen LogP contribution in [0.1, 0.15) is 13.3 Å². The first-order valence-electron chi connectivity index (χ1n) is 3.73. The fraction of sp³-hybridized carbons (Fsp3) is 0.200. The van der Waals surface area contributed by atoms with E-state index < -0.39 is 5.97 Å². The highest BCUT2D eigenvalue weighted by molar-refractivity contribution is 5.87. The van der Waals surface area contributed by atoms with Crippen molar-refractivity contribution in [2.75, 3.05) is 0 Å². The van der Waals surface area contributed by atoms with Crippen molar-refractivity contribution in [3.63, 3.8) is 0 Å². The van der Waals surface area contributed by atoms with Gasteiger partial charge in [-0.2, -0.15) is 0 Å². The summed E-state index contributed by atoms with van der Waals surface area (Å²) >= 11 is 0. The lowest BCUT2D eigenvalue weighted by Gasteiger charge is -1.98. The third-order valence-electron chi connectivity index (χ3n) is 1.20. The number of carbonyl (C=O) groups excluding carboxylic acids is 2. The summed E-state index contributed by atoms with van der Waals surface area (Å²) in [6.07, 6.45) is 3.67. The van der Waals surface area contributed by atoms with Gasteiger partial charge in [0.05, 0.1) is 0 Å². The van der Waals surface area contributed by atoms with E-state index in [0.29, 0.717) is 23.9 Å². The fourth-order valence-corrected chi connectivity index (χ4v) is 0.520. The first-order valence-corrected chi connectivity index (χ1v) is 3.73. The van der Waals surface area contributed by atoms with Crippen molar-refractivity contribution in [2.24, 2.45) is 0 Å². The fourth-order valence-electron chi connectivity index (χ4n) is 0.520. The van der Waals surface area contributed by atoms with Gasteiger partial charge >= 0.3 is 5.97 Å². The summed E-state index contributed by atoms with van der Waals surface area (Å²) in [7, 11) is 0. The molecule has 0 amide bonds. The molecule has 0 spiro atoms. The van der Waals surface area contributed by atoms with Crippen LogP contribution in [-0.4, -0.2) is 12.3 Å². The van der Waals surface area contributed by atoms with Crippen molar-refractivity contribution in [1.29, 1.82) is 0 Å². The molecule has 3 heteroatoms. The highest BCUT2D eigenvalue weighted by Crippen LogP contribution is 2.00. The molecule has 3 nitrogen and oxygen atoms in total. The third-order valence-corrected chi connectivity index (χ3v) is 1.20. The Kier molecular flexibility index (Phi) is 5.19. The summed E-state index contributed by atoms with van der Waals surface area (Å²) in [5.74, 6) is -0.539. The molecule has 0 saturated heterocycles. The van der Waals surface area contributed by atoms with E-state index in [-0.39, 0.29) is 0 Å². The highest BCUT2D eigenvalue weighted by atomic mass is 16.5. The maximum absolute atomic E-state index is 10.9. The molecule has 13 heavy (non-hydrogen) atoms. The zero-order valence-electron chi connectivity index (χ0n) is 7.58. The SMILES string of the molecule is C=CCC(C=O)=COC(=O)C(=C)C. The molecular weight excluding hydrogens is 168 g/mol. The molecule has 0 aromatic rings. The second-order valence-corrected chi connectivity index (χ2v) is 2.49. The maximum atomic E-state index is 10.9. The van der Waals surface area contributed by atoms with Crippen molar-refractivity contribution in [3.8, 4) is 0 Å². The van der Waals surface area contributed by atoms with Gasteiger partial charge in [-0.15, -0.1) is 6.58 Å². The van der Waals surface area contributed by atoms with E-state index in [1.54, 1.807) is 6.08 Å². The Labute approximate surface area is 77.4 Å². The molecule has 0 unspecified atom stereocenters. The van der Waals surface area contributed by atoms with Crippen LogP contribution < -0.4 is 0 Å². The van der Waals surface area contributed by atoms with E-state index in [1.807, 2.05) is 0 Å². The molecule has 0 bridgehead atoms. The molecule has 0 radical (unpaired) electrons. The van der Waals surface area contributed by atoms with Crippen LogP contribution in [0.2, 0.25) is 0 Å². The van der Waals surface area contributed by atoms with E-state index in [0.717, 1.165) is 6.26 Å². The van der Waals surface area contributed by atoms with Gasteiger partial charge in [0.1, 0.15) is 12.5 Å². The molecule has 0 atom stereocenters. The lowest BCUT2D eigenvalue weighted by molar-refractivity contribution is -0.133. The van der Waals surface area contributed by atoms with Gasteiger partial charge in [0.2, 0.25) is 0 Å². The van der Waals surface area contributed by atoms with Gasteiger partial charge in [-0.3, -0.25) is 4.79 Å². The highest BCUT2D eigenvalue weighted by Gasteiger charge is 2.01. The zero-order valence-corrected chi connectivity index (χ0v) is 7.58. The van der Waals surface area contributed by atoms with E-state index >= 15 is 0 Å². The van der Waals surface area contributed by atoms with Crippen LogP contribution in [0.15, 0.2) is 36.6 Å². The van der Waals surface area contributed by atoms with E-state index in [2.05, 4.69) is 17.9 Å². The Morgan fingerprint density at radius 3 is 2.54 bits per heavy atom. The summed E-state index contributed by atoms with van der Waals surface area (Å²) in [6, 6.07) is 0. The van der Waals surface area contributed by atoms with Crippen LogP contribution in [0, 0.1) is 0 Å². The van der Waals surface area contributed by atoms with Gasteiger partial charge in [0.15, 0.2) is 0 Å². The van der Waals surface area contributed by atoms with Crippen molar-refractivity contribution >= 4 is 12.3 Å². The lowest BCUT2D eigenvalue weighted by atomic mass is 10.2. The molecule has 0 aliphatic rings. The number of carbonyl (C=O) groups is 2. The van der Waals surface area contributed by atoms with Crippen LogP contribution in [0.5, 0.6) is 0 Å². The van der Waals surface area contributed by atoms with Gasteiger partial charge in [0, 0.05) is 11.1 Å². The van der Waals surface area contributed by atoms with Gasteiger partial charge < -0.3 is 4.74 Å². The lowest BCUT2D eigenvalue weighted by Crippen LogP contribution is -2.00. The van der Waals surface area contributed by atoms with E-state index in [1.165, 1.54) is 6.92 Å². The second kappa shape index (κ2) is 5.94. The number of esters is 1. The minimum Gasteiger partial charge on any atom is -0.431 e. The third kappa shape index (κ3) is 4.74. The first-order chi connectivity index (χ1) is 6.11. The smallest absolute Gasteiger partial charge is 0.337 e. The number of allylic oxidation sites excluding steroid dienone is 2. The standard InChI is InChI=1S/C10H12O3/c1-4-5-9(6-11)7-13-10(12)8(2)3/h4,6-7H,1-2,5H2,3H3. The average Bonchev–Trinajstić information content (AvgIpc) is 2.11. The quantitative estimate of drug-likeness (QED) is 0.213. The van der Waals surface area contributed by atoms with Crippen molar-refractivity contribution in [2.45, 2.75) is 13.3 Å². The van der Waals surface area contributed by atoms with Crippen LogP contribution in [0.3, 0.4) is 0 Å². The summed E-state index contributed by atoms with van der Waals surface area (Å²) in [6.45, 7) is 8.38. The monoisotopic (exact) mass is 180 g/mol. The largest absolute Gasteiger partial charge is 0.431 e. The van der Waals surface area contributed by atoms with Gasteiger partial charge in [0.25, 0.3) is 0 Å². The van der Waals surface area contributed by atoms with Crippen LogP contribution >= 0.6 is 0 Å². The number of hydrogen-bond donors (Lipinski definition) is 0. The Morgan fingerprint density at radius 2 is 2.15 bits per heavy atom. The minimum absolute atomic E-state index is 0.292. The summed E-state index contributed by atoms with van der Waals surface area (Å²) < 4.78 is 4.63. The molecule has 0 saturated carbocycles. The molecule has 70 valence electrons. The molecule has 0 rings (SSSR count). The number of ether oxygens (including phenoxy) is 1. The Bertz CT molecular complexity index is 261. The summed E-state index contributed by atoms with van der Waals surface area (Å²) in [5, 5.41) is 0. The Morgan fingerprint density at radius 1 is 1.54 bits per heavy atom. The summed E-state index contributed by atoms with van der Waals surface area (Å²) in [4.78, 5) is 21.2. The molecule has 0 aromatic carbocycles. The number of hydrogen-bond acceptors (Lipinski definition) is 3. The average molecular weight is 180 g/mol. The molecule has 0 fully saturated rings. The topological polar surface area (TPSA) is 43.4 Å². The minimum atomic E-state index is -0.539. The molecule has 0 aliphatic carbocycles. The number of aldehydes is 1. The Balaban J connectivity index is 4.21. The van der Waals surface area contributed by atoms with Gasteiger partial charge in [-0.25, -0.2) is 4.79 Å². The van der Waals surface area contributed by atoms with Crippen molar-refractivity contribution < 1.29 is 14.3 Å².